The topological polar surface area (TPSA) is 51.2 Å². The molecule has 4 heteroatoms. The van der Waals surface area contributed by atoms with E-state index in [2.05, 4.69) is 13.8 Å². The second-order valence-electron chi connectivity index (χ2n) is 6.51. The first-order valence-electron chi connectivity index (χ1n) is 5.90. The highest BCUT2D eigenvalue weighted by atomic mass is 32.2. The summed E-state index contributed by atoms with van der Waals surface area (Å²) in [4.78, 5) is 12.2. The van der Waals surface area contributed by atoms with Crippen LogP contribution in [0.5, 0.6) is 0 Å². The summed E-state index contributed by atoms with van der Waals surface area (Å²) in [6.45, 7) is 4.44. The Morgan fingerprint density at radius 1 is 1.31 bits per heavy atom. The van der Waals surface area contributed by atoms with E-state index in [1.54, 1.807) is 0 Å². The van der Waals surface area contributed by atoms with Gasteiger partial charge < -0.3 is 0 Å². The Kier molecular flexibility index (Phi) is 1.71. The molecule has 0 aromatic carbocycles. The van der Waals surface area contributed by atoms with E-state index in [1.165, 1.54) is 6.26 Å². The monoisotopic (exact) mass is 242 g/mol. The van der Waals surface area contributed by atoms with Gasteiger partial charge in [0.15, 0.2) is 0 Å². The van der Waals surface area contributed by atoms with Gasteiger partial charge in [-0.3, -0.25) is 4.79 Å². The van der Waals surface area contributed by atoms with Crippen molar-refractivity contribution in [2.45, 2.75) is 26.7 Å². The molecule has 5 unspecified atom stereocenters. The van der Waals surface area contributed by atoms with E-state index in [9.17, 15) is 13.2 Å². The molecule has 3 nitrogen and oxygen atoms in total. The van der Waals surface area contributed by atoms with Crippen molar-refractivity contribution < 1.29 is 13.2 Å². The minimum atomic E-state index is -3.04. The van der Waals surface area contributed by atoms with Gasteiger partial charge >= 0.3 is 0 Å². The van der Waals surface area contributed by atoms with E-state index in [-0.39, 0.29) is 28.8 Å². The zero-order chi connectivity index (χ0) is 11.9. The molecule has 3 saturated carbocycles. The molecule has 0 aromatic heterocycles. The van der Waals surface area contributed by atoms with Crippen LogP contribution in [0.2, 0.25) is 0 Å². The number of carbonyl (C=O) groups excluding carboxylic acids is 1. The first-order chi connectivity index (χ1) is 7.19. The van der Waals surface area contributed by atoms with Gasteiger partial charge in [0.2, 0.25) is 0 Å². The zero-order valence-corrected chi connectivity index (χ0v) is 10.8. The molecule has 3 rings (SSSR count). The Labute approximate surface area is 96.5 Å². The molecule has 0 saturated heterocycles. The van der Waals surface area contributed by atoms with Crippen LogP contribution in [0.4, 0.5) is 0 Å². The molecule has 0 amide bonds. The van der Waals surface area contributed by atoms with Crippen molar-refractivity contribution in [3.8, 4) is 0 Å². The summed E-state index contributed by atoms with van der Waals surface area (Å²) in [5.74, 6) is 0.577. The molecule has 0 spiro atoms. The molecule has 0 heterocycles. The van der Waals surface area contributed by atoms with Crippen LogP contribution in [0, 0.1) is 28.6 Å². The van der Waals surface area contributed by atoms with Crippen LogP contribution in [0.25, 0.3) is 0 Å². The normalized spacial score (nSPS) is 54.2. The van der Waals surface area contributed by atoms with Crippen molar-refractivity contribution in [3.05, 3.63) is 0 Å². The highest BCUT2D eigenvalue weighted by molar-refractivity contribution is 7.90. The summed E-state index contributed by atoms with van der Waals surface area (Å²) in [6.07, 6.45) is 3.27. The van der Waals surface area contributed by atoms with E-state index in [0.717, 1.165) is 12.8 Å². The van der Waals surface area contributed by atoms with Gasteiger partial charge in [-0.1, -0.05) is 13.8 Å². The lowest BCUT2D eigenvalue weighted by molar-refractivity contribution is -0.226. The molecular weight excluding hydrogens is 224 g/mol. The van der Waals surface area contributed by atoms with Gasteiger partial charge in [0.05, 0.1) is 5.75 Å². The Morgan fingerprint density at radius 2 is 1.94 bits per heavy atom. The zero-order valence-electron chi connectivity index (χ0n) is 9.99. The third-order valence-corrected chi connectivity index (χ3v) is 6.76. The van der Waals surface area contributed by atoms with Crippen LogP contribution in [0.15, 0.2) is 0 Å². The highest BCUT2D eigenvalue weighted by Gasteiger charge is 2.79. The smallest absolute Gasteiger partial charge is 0.148 e. The standard InChI is InChI=1S/C12H18O3S/c1-11-4-8-7(6-16(3,14)15)10(13)9(5-11)12(8,11)2/h7-9H,4-6H2,1-3H3. The molecule has 5 atom stereocenters. The summed E-state index contributed by atoms with van der Waals surface area (Å²) in [5.41, 5.74) is 0.448. The van der Waals surface area contributed by atoms with Crippen LogP contribution in [-0.2, 0) is 14.6 Å². The lowest BCUT2D eigenvalue weighted by atomic mass is 9.33. The van der Waals surface area contributed by atoms with Gasteiger partial charge in [0, 0.05) is 18.1 Å². The minimum Gasteiger partial charge on any atom is -0.299 e. The van der Waals surface area contributed by atoms with E-state index in [0.29, 0.717) is 11.3 Å². The molecule has 0 aliphatic heterocycles. The average Bonchev–Trinajstić information content (AvgIpc) is 2.27. The SMILES string of the molecule is CC12CC3C(=O)C(CS(C)(=O)=O)C(C1)C32C. The molecule has 0 radical (unpaired) electrons. The lowest BCUT2D eigenvalue weighted by Crippen LogP contribution is -2.65. The number of sulfone groups is 1. The summed E-state index contributed by atoms with van der Waals surface area (Å²) in [5, 5.41) is 0. The maximum Gasteiger partial charge on any atom is 0.148 e. The van der Waals surface area contributed by atoms with Gasteiger partial charge in [0.25, 0.3) is 0 Å². The van der Waals surface area contributed by atoms with Gasteiger partial charge in [-0.15, -0.1) is 0 Å². The summed E-state index contributed by atoms with van der Waals surface area (Å²) < 4.78 is 22.7. The van der Waals surface area contributed by atoms with Crippen LogP contribution in [0.3, 0.4) is 0 Å². The fraction of sp³-hybridized carbons (Fsp3) is 0.917. The van der Waals surface area contributed by atoms with Crippen LogP contribution < -0.4 is 0 Å². The predicted octanol–water partition coefficient (Wildman–Crippen LogP) is 1.28. The largest absolute Gasteiger partial charge is 0.299 e. The van der Waals surface area contributed by atoms with Crippen LogP contribution >= 0.6 is 0 Å². The first kappa shape index (κ1) is 10.8. The Hall–Kier alpha value is -0.380. The van der Waals surface area contributed by atoms with Crippen LogP contribution in [-0.4, -0.2) is 26.2 Å². The number of hydrogen-bond acceptors (Lipinski definition) is 3. The second-order valence-corrected chi connectivity index (χ2v) is 8.70. The van der Waals surface area contributed by atoms with Crippen molar-refractivity contribution in [1.82, 2.24) is 0 Å². The number of carbonyl (C=O) groups is 1. The lowest BCUT2D eigenvalue weighted by Gasteiger charge is -2.70. The maximum atomic E-state index is 12.2. The third kappa shape index (κ3) is 0.957. The second kappa shape index (κ2) is 2.55. The van der Waals surface area contributed by atoms with Crippen molar-refractivity contribution in [2.24, 2.45) is 28.6 Å². The Morgan fingerprint density at radius 3 is 2.38 bits per heavy atom. The van der Waals surface area contributed by atoms with E-state index in [4.69, 9.17) is 0 Å². The fourth-order valence-corrected chi connectivity index (χ4v) is 5.73. The average molecular weight is 242 g/mol. The van der Waals surface area contributed by atoms with Crippen LogP contribution in [0.1, 0.15) is 26.7 Å². The van der Waals surface area contributed by atoms with E-state index < -0.39 is 9.84 Å². The first-order valence-corrected chi connectivity index (χ1v) is 7.96. The predicted molar refractivity (Wildman–Crippen MR) is 60.6 cm³/mol. The minimum absolute atomic E-state index is 0.0681. The number of ketones is 1. The van der Waals surface area contributed by atoms with Gasteiger partial charge in [-0.2, -0.15) is 0 Å². The number of hydrogen-bond donors (Lipinski definition) is 0. The van der Waals surface area contributed by atoms with Gasteiger partial charge in [-0.25, -0.2) is 8.42 Å². The summed E-state index contributed by atoms with van der Waals surface area (Å²) in [7, 11) is -3.04. The molecule has 3 fully saturated rings. The van der Waals surface area contributed by atoms with Gasteiger partial charge in [-0.05, 0) is 29.6 Å². The molecule has 0 N–H and O–H groups in total. The number of rotatable bonds is 2. The molecule has 16 heavy (non-hydrogen) atoms. The van der Waals surface area contributed by atoms with Crippen molar-refractivity contribution in [3.63, 3.8) is 0 Å². The maximum absolute atomic E-state index is 12.2. The molecule has 3 aliphatic rings. The van der Waals surface area contributed by atoms with Gasteiger partial charge in [0.1, 0.15) is 15.6 Å². The molecule has 3 aliphatic carbocycles. The fourth-order valence-electron chi connectivity index (χ4n) is 4.68. The van der Waals surface area contributed by atoms with E-state index in [1.807, 2.05) is 0 Å². The third-order valence-electron chi connectivity index (χ3n) is 5.80. The summed E-state index contributed by atoms with van der Waals surface area (Å²) in [6, 6.07) is 0. The molecule has 0 aromatic rings. The molecule has 90 valence electrons. The van der Waals surface area contributed by atoms with Crippen molar-refractivity contribution >= 4 is 15.6 Å². The molecule has 0 bridgehead atoms. The van der Waals surface area contributed by atoms with Crippen molar-refractivity contribution in [1.29, 1.82) is 0 Å². The quantitative estimate of drug-likeness (QED) is 0.733. The van der Waals surface area contributed by atoms with Crippen molar-refractivity contribution in [2.75, 3.05) is 12.0 Å². The highest BCUT2D eigenvalue weighted by Crippen LogP contribution is 2.81. The number of Topliss-reactive ketones (excluding diaryl/α,β-unsaturated/α-hetero) is 1. The summed E-state index contributed by atoms with van der Waals surface area (Å²) >= 11 is 0. The Bertz CT molecular complexity index is 480. The van der Waals surface area contributed by atoms with E-state index >= 15 is 0 Å². The molecular formula is C12H18O3S. The Balaban J connectivity index is 1.93.